The molecule has 1 aromatic rings. The van der Waals surface area contributed by atoms with E-state index in [0.29, 0.717) is 18.4 Å². The van der Waals surface area contributed by atoms with Crippen LogP contribution in [0.1, 0.15) is 46.3 Å². The molecule has 0 unspecified atom stereocenters. The molecular formula is C15H18O4. The first-order valence-corrected chi connectivity index (χ1v) is 6.36. The normalized spacial score (nSPS) is 16.6. The second-order valence-electron chi connectivity index (χ2n) is 5.21. The first-order valence-electron chi connectivity index (χ1n) is 6.36. The molecule has 1 aliphatic carbocycles. The predicted molar refractivity (Wildman–Crippen MR) is 70.4 cm³/mol. The number of carbonyl (C=O) groups is 2. The van der Waals surface area contributed by atoms with Gasteiger partial charge in [-0.25, -0.2) is 4.79 Å². The van der Waals surface area contributed by atoms with E-state index in [-0.39, 0.29) is 0 Å². The summed E-state index contributed by atoms with van der Waals surface area (Å²) in [5.74, 6) is -1.22. The van der Waals surface area contributed by atoms with Gasteiger partial charge in [0.1, 0.15) is 0 Å². The zero-order valence-corrected chi connectivity index (χ0v) is 11.4. The van der Waals surface area contributed by atoms with Crippen LogP contribution in [0, 0.1) is 13.8 Å². The summed E-state index contributed by atoms with van der Waals surface area (Å²) in [6, 6.07) is 3.56. The Morgan fingerprint density at radius 1 is 1.21 bits per heavy atom. The van der Waals surface area contributed by atoms with Gasteiger partial charge in [-0.05, 0) is 49.4 Å². The maximum absolute atomic E-state index is 11.7. The fourth-order valence-corrected chi connectivity index (χ4v) is 2.83. The quantitative estimate of drug-likeness (QED) is 0.850. The molecule has 1 aliphatic rings. The SMILES string of the molecule is COC(=O)c1cc(C2(C(=O)O)CCC2)c(C)cc1C. The number of esters is 1. The van der Waals surface area contributed by atoms with Gasteiger partial charge in [-0.15, -0.1) is 0 Å². The summed E-state index contributed by atoms with van der Waals surface area (Å²) in [5, 5.41) is 9.50. The zero-order chi connectivity index (χ0) is 14.2. The lowest BCUT2D eigenvalue weighted by molar-refractivity contribution is -0.147. The molecule has 19 heavy (non-hydrogen) atoms. The standard InChI is InChI=1S/C15H18O4/c1-9-7-10(2)12(8-11(9)13(16)19-3)15(14(17)18)5-4-6-15/h7-8H,4-6H2,1-3H3,(H,17,18). The number of aryl methyl sites for hydroxylation is 2. The summed E-state index contributed by atoms with van der Waals surface area (Å²) in [7, 11) is 1.33. The van der Waals surface area contributed by atoms with Gasteiger partial charge < -0.3 is 9.84 Å². The van der Waals surface area contributed by atoms with E-state index in [1.807, 2.05) is 19.9 Å². The highest BCUT2D eigenvalue weighted by Gasteiger charge is 2.47. The Hall–Kier alpha value is -1.84. The third kappa shape index (κ3) is 2.01. The third-order valence-electron chi connectivity index (χ3n) is 4.11. The van der Waals surface area contributed by atoms with E-state index in [9.17, 15) is 14.7 Å². The molecule has 0 aromatic heterocycles. The lowest BCUT2D eigenvalue weighted by Crippen LogP contribution is -2.43. The molecule has 2 rings (SSSR count). The Balaban J connectivity index is 2.58. The van der Waals surface area contributed by atoms with E-state index in [2.05, 4.69) is 0 Å². The van der Waals surface area contributed by atoms with Crippen LogP contribution in [0.15, 0.2) is 12.1 Å². The summed E-state index contributed by atoms with van der Waals surface area (Å²) in [6.07, 6.45) is 2.17. The maximum atomic E-state index is 11.7. The van der Waals surface area contributed by atoms with Crippen molar-refractivity contribution in [1.82, 2.24) is 0 Å². The minimum atomic E-state index is -0.819. The van der Waals surface area contributed by atoms with Crippen molar-refractivity contribution in [2.75, 3.05) is 7.11 Å². The van der Waals surface area contributed by atoms with Crippen molar-refractivity contribution in [3.63, 3.8) is 0 Å². The van der Waals surface area contributed by atoms with Crippen LogP contribution in [-0.4, -0.2) is 24.2 Å². The molecule has 0 radical (unpaired) electrons. The number of carboxylic acids is 1. The number of hydrogen-bond donors (Lipinski definition) is 1. The van der Waals surface area contributed by atoms with Crippen LogP contribution < -0.4 is 0 Å². The average Bonchev–Trinajstić information content (AvgIpc) is 2.29. The van der Waals surface area contributed by atoms with E-state index in [4.69, 9.17) is 4.74 Å². The Bertz CT molecular complexity index is 541. The molecule has 1 N–H and O–H groups in total. The van der Waals surface area contributed by atoms with Crippen molar-refractivity contribution in [2.24, 2.45) is 0 Å². The van der Waals surface area contributed by atoms with Crippen LogP contribution in [0.4, 0.5) is 0 Å². The molecule has 0 spiro atoms. The van der Waals surface area contributed by atoms with Crippen LogP contribution >= 0.6 is 0 Å². The summed E-state index contributed by atoms with van der Waals surface area (Å²) in [6.45, 7) is 3.73. The number of aliphatic carboxylic acids is 1. The second kappa shape index (κ2) is 4.68. The van der Waals surface area contributed by atoms with Gasteiger partial charge in [-0.1, -0.05) is 12.5 Å². The molecule has 0 amide bonds. The molecule has 1 fully saturated rings. The Labute approximate surface area is 112 Å². The summed E-state index contributed by atoms with van der Waals surface area (Å²) in [4.78, 5) is 23.3. The maximum Gasteiger partial charge on any atom is 0.338 e. The minimum Gasteiger partial charge on any atom is -0.481 e. The van der Waals surface area contributed by atoms with Gasteiger partial charge in [0.15, 0.2) is 0 Å². The van der Waals surface area contributed by atoms with Crippen molar-refractivity contribution in [2.45, 2.75) is 38.5 Å². The fraction of sp³-hybridized carbons (Fsp3) is 0.467. The van der Waals surface area contributed by atoms with Gasteiger partial charge in [0.25, 0.3) is 0 Å². The number of benzene rings is 1. The van der Waals surface area contributed by atoms with E-state index in [1.165, 1.54) is 7.11 Å². The zero-order valence-electron chi connectivity index (χ0n) is 11.4. The highest BCUT2D eigenvalue weighted by Crippen LogP contribution is 2.45. The Morgan fingerprint density at radius 3 is 2.26 bits per heavy atom. The molecular weight excluding hydrogens is 244 g/mol. The predicted octanol–water partition coefficient (Wildman–Crippen LogP) is 2.60. The number of hydrogen-bond acceptors (Lipinski definition) is 3. The van der Waals surface area contributed by atoms with Crippen molar-refractivity contribution >= 4 is 11.9 Å². The molecule has 0 bridgehead atoms. The number of ether oxygens (including phenoxy) is 1. The first kappa shape index (κ1) is 13.6. The van der Waals surface area contributed by atoms with E-state index in [0.717, 1.165) is 23.1 Å². The van der Waals surface area contributed by atoms with Gasteiger partial charge in [-0.2, -0.15) is 0 Å². The number of methoxy groups -OCH3 is 1. The molecule has 4 heteroatoms. The lowest BCUT2D eigenvalue weighted by atomic mass is 9.63. The number of carbonyl (C=O) groups excluding carboxylic acids is 1. The molecule has 0 aliphatic heterocycles. The van der Waals surface area contributed by atoms with Crippen molar-refractivity contribution in [3.05, 3.63) is 34.4 Å². The van der Waals surface area contributed by atoms with Crippen molar-refractivity contribution in [1.29, 1.82) is 0 Å². The van der Waals surface area contributed by atoms with Crippen LogP contribution in [0.2, 0.25) is 0 Å². The van der Waals surface area contributed by atoms with Gasteiger partial charge in [0.2, 0.25) is 0 Å². The average molecular weight is 262 g/mol. The highest BCUT2D eigenvalue weighted by molar-refractivity contribution is 5.92. The van der Waals surface area contributed by atoms with Crippen LogP contribution in [0.5, 0.6) is 0 Å². The Morgan fingerprint density at radius 2 is 1.84 bits per heavy atom. The van der Waals surface area contributed by atoms with Crippen LogP contribution in [-0.2, 0) is 14.9 Å². The van der Waals surface area contributed by atoms with E-state index >= 15 is 0 Å². The first-order chi connectivity index (χ1) is 8.92. The largest absolute Gasteiger partial charge is 0.481 e. The molecule has 102 valence electrons. The second-order valence-corrected chi connectivity index (χ2v) is 5.21. The Kier molecular flexibility index (Phi) is 3.35. The van der Waals surface area contributed by atoms with Gasteiger partial charge in [0.05, 0.1) is 18.1 Å². The summed E-state index contributed by atoms with van der Waals surface area (Å²) < 4.78 is 4.75. The van der Waals surface area contributed by atoms with Gasteiger partial charge >= 0.3 is 11.9 Å². The molecule has 1 aromatic carbocycles. The number of carboxylic acid groups (broad SMARTS) is 1. The molecule has 0 saturated heterocycles. The van der Waals surface area contributed by atoms with Crippen molar-refractivity contribution in [3.8, 4) is 0 Å². The van der Waals surface area contributed by atoms with Crippen LogP contribution in [0.25, 0.3) is 0 Å². The molecule has 0 heterocycles. The van der Waals surface area contributed by atoms with E-state index < -0.39 is 17.4 Å². The fourth-order valence-electron chi connectivity index (χ4n) is 2.83. The minimum absolute atomic E-state index is 0.418. The monoisotopic (exact) mass is 262 g/mol. The number of rotatable bonds is 3. The van der Waals surface area contributed by atoms with Crippen LogP contribution in [0.3, 0.4) is 0 Å². The van der Waals surface area contributed by atoms with E-state index in [1.54, 1.807) is 6.07 Å². The third-order valence-corrected chi connectivity index (χ3v) is 4.11. The van der Waals surface area contributed by atoms with Gasteiger partial charge in [0, 0.05) is 0 Å². The lowest BCUT2D eigenvalue weighted by Gasteiger charge is -2.39. The van der Waals surface area contributed by atoms with Gasteiger partial charge in [-0.3, -0.25) is 4.79 Å². The highest BCUT2D eigenvalue weighted by atomic mass is 16.5. The smallest absolute Gasteiger partial charge is 0.338 e. The molecule has 0 atom stereocenters. The molecule has 4 nitrogen and oxygen atoms in total. The van der Waals surface area contributed by atoms with Crippen molar-refractivity contribution < 1.29 is 19.4 Å². The topological polar surface area (TPSA) is 63.6 Å². The summed E-state index contributed by atoms with van der Waals surface area (Å²) >= 11 is 0. The molecule has 1 saturated carbocycles. The summed E-state index contributed by atoms with van der Waals surface area (Å²) in [5.41, 5.74) is 2.12.